The van der Waals surface area contributed by atoms with Crippen LogP contribution >= 0.6 is 0 Å². The largest absolute Gasteiger partial charge is 0.378 e. The maximum Gasteiger partial charge on any atom is 0.271 e. The second-order valence-electron chi connectivity index (χ2n) is 8.69. The van der Waals surface area contributed by atoms with E-state index in [1.807, 2.05) is 29.5 Å². The summed E-state index contributed by atoms with van der Waals surface area (Å²) in [6.45, 7) is 6.55. The number of nitrogens with zero attached hydrogens (tertiary/aromatic N) is 5. The summed E-state index contributed by atoms with van der Waals surface area (Å²) in [6, 6.07) is 8.27. The predicted octanol–water partition coefficient (Wildman–Crippen LogP) is 1.80. The van der Waals surface area contributed by atoms with Gasteiger partial charge < -0.3 is 20.3 Å². The highest BCUT2D eigenvalue weighted by Gasteiger charge is 2.22. The van der Waals surface area contributed by atoms with Crippen LogP contribution in [0.15, 0.2) is 41.8 Å². The molecule has 0 bridgehead atoms. The molecular formula is C24H30N8O2. The molecule has 10 nitrogen and oxygen atoms in total. The summed E-state index contributed by atoms with van der Waals surface area (Å²) in [7, 11) is 0. The summed E-state index contributed by atoms with van der Waals surface area (Å²) in [5.74, 6) is 1.12. The number of fused-ring (bicyclic) bond motifs is 1. The van der Waals surface area contributed by atoms with Crippen LogP contribution < -0.4 is 21.0 Å². The molecule has 5 rings (SSSR count). The van der Waals surface area contributed by atoms with E-state index in [-0.39, 0.29) is 11.9 Å². The van der Waals surface area contributed by atoms with Crippen LogP contribution in [0.5, 0.6) is 0 Å². The van der Waals surface area contributed by atoms with E-state index in [1.165, 1.54) is 5.56 Å². The van der Waals surface area contributed by atoms with Crippen LogP contribution in [-0.2, 0) is 4.74 Å². The van der Waals surface area contributed by atoms with Crippen LogP contribution in [0.2, 0.25) is 0 Å². The first-order valence-corrected chi connectivity index (χ1v) is 11.8. The van der Waals surface area contributed by atoms with Crippen LogP contribution in [-0.4, -0.2) is 71.9 Å². The molecule has 4 heterocycles. The Morgan fingerprint density at radius 3 is 2.82 bits per heavy atom. The maximum absolute atomic E-state index is 12.9. The molecule has 2 fully saturated rings. The minimum absolute atomic E-state index is 0.157. The van der Waals surface area contributed by atoms with Crippen LogP contribution in [0.4, 0.5) is 11.6 Å². The lowest BCUT2D eigenvalue weighted by Crippen LogP contribution is -2.42. The smallest absolute Gasteiger partial charge is 0.271 e. The highest BCUT2D eigenvalue weighted by Crippen LogP contribution is 2.23. The van der Waals surface area contributed by atoms with Crippen molar-refractivity contribution in [3.8, 4) is 0 Å². The van der Waals surface area contributed by atoms with E-state index < -0.39 is 0 Å². The lowest BCUT2D eigenvalue weighted by Gasteiger charge is -2.28. The van der Waals surface area contributed by atoms with Crippen molar-refractivity contribution < 1.29 is 9.53 Å². The third kappa shape index (κ3) is 5.18. The van der Waals surface area contributed by atoms with Gasteiger partial charge in [0, 0.05) is 25.3 Å². The van der Waals surface area contributed by atoms with Gasteiger partial charge in [0.25, 0.3) is 5.91 Å². The average molecular weight is 463 g/mol. The summed E-state index contributed by atoms with van der Waals surface area (Å²) in [6.07, 6.45) is 7.17. The van der Waals surface area contributed by atoms with Crippen molar-refractivity contribution in [2.24, 2.45) is 5.10 Å². The number of benzene rings is 1. The quantitative estimate of drug-likeness (QED) is 0.379. The van der Waals surface area contributed by atoms with Gasteiger partial charge in [0.05, 0.1) is 25.6 Å². The molecule has 178 valence electrons. The first-order valence-electron chi connectivity index (χ1n) is 11.8. The third-order valence-electron chi connectivity index (χ3n) is 6.07. The molecular weight excluding hydrogens is 432 g/mol. The Balaban J connectivity index is 1.41. The average Bonchev–Trinajstić information content (AvgIpc) is 3.29. The minimum Gasteiger partial charge on any atom is -0.378 e. The summed E-state index contributed by atoms with van der Waals surface area (Å²) >= 11 is 0. The highest BCUT2D eigenvalue weighted by atomic mass is 16.5. The van der Waals surface area contributed by atoms with Crippen LogP contribution in [0.3, 0.4) is 0 Å². The Kier molecular flexibility index (Phi) is 6.68. The number of morpholine rings is 1. The lowest BCUT2D eigenvalue weighted by molar-refractivity contribution is 0.0925. The Labute approximate surface area is 198 Å². The first-order chi connectivity index (χ1) is 16.7. The molecule has 1 aromatic carbocycles. The van der Waals surface area contributed by atoms with Crippen molar-refractivity contribution in [1.82, 2.24) is 25.0 Å². The number of imidazole rings is 1. The van der Waals surface area contributed by atoms with Gasteiger partial charge in [-0.15, -0.1) is 0 Å². The molecule has 0 atom stereocenters. The van der Waals surface area contributed by atoms with E-state index in [4.69, 9.17) is 9.72 Å². The second-order valence-corrected chi connectivity index (χ2v) is 8.69. The Bertz CT molecular complexity index is 1180. The van der Waals surface area contributed by atoms with Gasteiger partial charge in [-0.1, -0.05) is 29.8 Å². The van der Waals surface area contributed by atoms with Gasteiger partial charge in [-0.25, -0.2) is 9.97 Å². The molecule has 2 aliphatic rings. The van der Waals surface area contributed by atoms with Crippen molar-refractivity contribution >= 4 is 29.4 Å². The molecule has 2 saturated heterocycles. The SMILES string of the molecule is Cc1cccc(/C=N/Nc2cn3cc(C(=O)NC4CCNCC4)nc3c(N3CCOCC3)n2)c1. The van der Waals surface area contributed by atoms with Gasteiger partial charge in [-0.3, -0.25) is 14.6 Å². The molecule has 0 unspecified atom stereocenters. The van der Waals surface area contributed by atoms with Gasteiger partial charge in [0.2, 0.25) is 0 Å². The minimum atomic E-state index is -0.157. The molecule has 2 aliphatic heterocycles. The molecule has 3 aromatic rings. The lowest BCUT2D eigenvalue weighted by atomic mass is 10.1. The summed E-state index contributed by atoms with van der Waals surface area (Å²) in [5, 5.41) is 10.8. The van der Waals surface area contributed by atoms with E-state index >= 15 is 0 Å². The van der Waals surface area contributed by atoms with E-state index in [2.05, 4.69) is 37.1 Å². The highest BCUT2D eigenvalue weighted by molar-refractivity contribution is 5.93. The number of amides is 1. The zero-order valence-electron chi connectivity index (χ0n) is 19.3. The zero-order valence-corrected chi connectivity index (χ0v) is 19.3. The Hall–Kier alpha value is -3.50. The van der Waals surface area contributed by atoms with Crippen molar-refractivity contribution in [2.45, 2.75) is 25.8 Å². The number of hydrazone groups is 1. The predicted molar refractivity (Wildman–Crippen MR) is 132 cm³/mol. The number of aryl methyl sites for hydroxylation is 1. The van der Waals surface area contributed by atoms with Crippen LogP contribution in [0, 0.1) is 6.92 Å². The number of hydrogen-bond acceptors (Lipinski definition) is 8. The van der Waals surface area contributed by atoms with E-state index in [9.17, 15) is 4.79 Å². The van der Waals surface area contributed by atoms with Gasteiger partial charge in [0.15, 0.2) is 17.3 Å². The molecule has 0 spiro atoms. The number of anilines is 2. The van der Waals surface area contributed by atoms with Crippen LogP contribution in [0.1, 0.15) is 34.5 Å². The standard InChI is InChI=1S/C24H30N8O2/c1-17-3-2-4-18(13-17)14-26-30-21-16-32-15-20(24(33)27-19-5-7-25-8-6-19)28-22(32)23(29-21)31-9-11-34-12-10-31/h2-4,13-16,19,25,30H,5-12H2,1H3,(H,27,33)/b26-14+. The Morgan fingerprint density at radius 1 is 1.21 bits per heavy atom. The molecule has 10 heteroatoms. The topological polar surface area (TPSA) is 108 Å². The molecule has 0 radical (unpaired) electrons. The summed E-state index contributed by atoms with van der Waals surface area (Å²) in [4.78, 5) is 24.5. The van der Waals surface area contributed by atoms with Crippen molar-refractivity contribution in [1.29, 1.82) is 0 Å². The molecule has 3 N–H and O–H groups in total. The molecule has 0 aliphatic carbocycles. The first kappa shape index (κ1) is 22.3. The second kappa shape index (κ2) is 10.2. The molecule has 0 saturated carbocycles. The normalized spacial score (nSPS) is 17.4. The van der Waals surface area contributed by atoms with Gasteiger partial charge in [-0.2, -0.15) is 5.10 Å². The Morgan fingerprint density at radius 2 is 2.03 bits per heavy atom. The number of ether oxygens (including phenoxy) is 1. The number of aromatic nitrogens is 3. The fraction of sp³-hybridized carbons (Fsp3) is 0.417. The van der Waals surface area contributed by atoms with E-state index in [0.29, 0.717) is 49.3 Å². The van der Waals surface area contributed by atoms with Crippen molar-refractivity contribution in [2.75, 3.05) is 49.7 Å². The molecule has 2 aromatic heterocycles. The zero-order chi connectivity index (χ0) is 23.3. The van der Waals surface area contributed by atoms with E-state index in [0.717, 1.165) is 31.5 Å². The number of carbonyl (C=O) groups excluding carboxylic acids is 1. The molecule has 1 amide bonds. The van der Waals surface area contributed by atoms with Crippen molar-refractivity contribution in [3.05, 3.63) is 53.5 Å². The number of hydrogen-bond donors (Lipinski definition) is 3. The van der Waals surface area contributed by atoms with Crippen molar-refractivity contribution in [3.63, 3.8) is 0 Å². The number of nitrogens with one attached hydrogen (secondary N) is 3. The van der Waals surface area contributed by atoms with Gasteiger partial charge in [0.1, 0.15) is 5.69 Å². The number of rotatable bonds is 6. The molecule has 34 heavy (non-hydrogen) atoms. The fourth-order valence-electron chi connectivity index (χ4n) is 4.28. The van der Waals surface area contributed by atoms with Gasteiger partial charge >= 0.3 is 0 Å². The summed E-state index contributed by atoms with van der Waals surface area (Å²) < 4.78 is 7.36. The number of carbonyl (C=O) groups is 1. The van der Waals surface area contributed by atoms with Crippen LogP contribution in [0.25, 0.3) is 5.65 Å². The summed E-state index contributed by atoms with van der Waals surface area (Å²) in [5.41, 5.74) is 6.24. The fourth-order valence-corrected chi connectivity index (χ4v) is 4.28. The monoisotopic (exact) mass is 462 g/mol. The number of piperidine rings is 1. The maximum atomic E-state index is 12.9. The van der Waals surface area contributed by atoms with Gasteiger partial charge in [-0.05, 0) is 38.4 Å². The van der Waals surface area contributed by atoms with E-state index in [1.54, 1.807) is 18.6 Å². The third-order valence-corrected chi connectivity index (χ3v) is 6.07.